The van der Waals surface area contributed by atoms with Crippen molar-refractivity contribution in [1.82, 2.24) is 24.5 Å². The number of methoxy groups -OCH3 is 1. The average Bonchev–Trinajstić information content (AvgIpc) is 3.22. The van der Waals surface area contributed by atoms with Crippen molar-refractivity contribution < 1.29 is 14.6 Å². The number of rotatable bonds is 7. The van der Waals surface area contributed by atoms with Crippen molar-refractivity contribution in [3.63, 3.8) is 0 Å². The van der Waals surface area contributed by atoms with Gasteiger partial charge in [-0.15, -0.1) is 0 Å². The van der Waals surface area contributed by atoms with Crippen molar-refractivity contribution in [3.8, 4) is 0 Å². The number of carbonyl (C=O) groups is 1. The van der Waals surface area contributed by atoms with Gasteiger partial charge >= 0.3 is 0 Å². The summed E-state index contributed by atoms with van der Waals surface area (Å²) in [6.07, 6.45) is 5.96. The lowest BCUT2D eigenvalue weighted by molar-refractivity contribution is -0.0103. The fraction of sp³-hybridized carbons (Fsp3) is 0.455. The van der Waals surface area contributed by atoms with Gasteiger partial charge in [-0.2, -0.15) is 9.61 Å². The summed E-state index contributed by atoms with van der Waals surface area (Å²) >= 11 is 0. The van der Waals surface area contributed by atoms with E-state index >= 15 is 0 Å². The smallest absolute Gasteiger partial charge is 0.274 e. The van der Waals surface area contributed by atoms with Crippen LogP contribution in [0.2, 0.25) is 0 Å². The van der Waals surface area contributed by atoms with Gasteiger partial charge in [-0.05, 0) is 37.8 Å². The third-order valence-electron chi connectivity index (χ3n) is 6.60. The Morgan fingerprint density at radius 1 is 1.27 bits per heavy atom. The molecule has 11 heteroatoms. The van der Waals surface area contributed by atoms with Crippen LogP contribution >= 0.6 is 0 Å². The highest BCUT2D eigenvalue weighted by Gasteiger charge is 2.33. The van der Waals surface area contributed by atoms with Crippen LogP contribution in [-0.4, -0.2) is 62.6 Å². The highest BCUT2D eigenvalue weighted by molar-refractivity contribution is 6.00. The molecule has 3 heterocycles. The molecule has 2 fully saturated rings. The minimum atomic E-state index is -0.525. The minimum Gasteiger partial charge on any atom is -0.391 e. The molecule has 0 aromatic carbocycles. The van der Waals surface area contributed by atoms with Crippen molar-refractivity contribution in [3.05, 3.63) is 46.5 Å². The molecule has 1 amide bonds. The minimum absolute atomic E-state index is 0.0135. The van der Waals surface area contributed by atoms with Gasteiger partial charge in [-0.25, -0.2) is 4.98 Å². The zero-order valence-electron chi connectivity index (χ0n) is 18.5. The van der Waals surface area contributed by atoms with Crippen molar-refractivity contribution in [1.29, 1.82) is 0 Å². The molecule has 1 unspecified atom stereocenters. The van der Waals surface area contributed by atoms with E-state index < -0.39 is 6.10 Å². The summed E-state index contributed by atoms with van der Waals surface area (Å²) < 4.78 is 8.67. The Bertz CT molecular complexity index is 1250. The number of aliphatic hydroxyl groups excluding tert-OH is 1. The number of nitrogens with zero attached hydrogens (tertiary/aromatic N) is 4. The van der Waals surface area contributed by atoms with E-state index in [1.807, 2.05) is 6.07 Å². The quantitative estimate of drug-likeness (QED) is 0.420. The molecule has 0 radical (unpaired) electrons. The first-order valence-electron chi connectivity index (χ1n) is 11.1. The van der Waals surface area contributed by atoms with Crippen LogP contribution in [0.4, 0.5) is 17.3 Å². The number of fused-ring (bicyclic) bond motifs is 1. The summed E-state index contributed by atoms with van der Waals surface area (Å²) in [5.41, 5.74) is 0.839. The zero-order chi connectivity index (χ0) is 23.1. The fourth-order valence-electron chi connectivity index (χ4n) is 4.31. The van der Waals surface area contributed by atoms with E-state index in [2.05, 4.69) is 26.0 Å². The topological polar surface area (TPSA) is 135 Å². The Hall–Kier alpha value is -3.44. The number of aromatic nitrogens is 4. The number of hydrogen-bond donors (Lipinski definition) is 4. The van der Waals surface area contributed by atoms with Gasteiger partial charge in [0.25, 0.3) is 11.5 Å². The van der Waals surface area contributed by atoms with Crippen molar-refractivity contribution in [2.24, 2.45) is 0 Å². The number of pyridine rings is 1. The molecule has 2 saturated carbocycles. The molecule has 2 aliphatic carbocycles. The van der Waals surface area contributed by atoms with Gasteiger partial charge in [-0.1, -0.05) is 0 Å². The Labute approximate surface area is 189 Å². The number of aliphatic hydroxyl groups is 1. The molecule has 3 aromatic heterocycles. The standard InChI is InChI=1S/C22H27N7O4/c1-23-19-10-18(25-14-4-3-9-28(22(14)32)15-6-8-17(15)33-2)27-20-12(11-24-29(19)20)21(31)26-13-5-7-16(13)30/h3-4,9-11,13,15-17,23,30H,5-8H2,1-2H3,(H,25,27)(H,26,31)/t13?,15-,16+,17-/m0/s1. The van der Waals surface area contributed by atoms with Crippen LogP contribution in [0.5, 0.6) is 0 Å². The summed E-state index contributed by atoms with van der Waals surface area (Å²) in [6.45, 7) is 0. The van der Waals surface area contributed by atoms with E-state index in [1.165, 1.54) is 10.7 Å². The van der Waals surface area contributed by atoms with Gasteiger partial charge in [0.2, 0.25) is 0 Å². The van der Waals surface area contributed by atoms with Crippen LogP contribution in [0.3, 0.4) is 0 Å². The molecule has 174 valence electrons. The summed E-state index contributed by atoms with van der Waals surface area (Å²) in [6, 6.07) is 4.98. The van der Waals surface area contributed by atoms with Crippen molar-refractivity contribution in [2.75, 3.05) is 24.8 Å². The number of carbonyl (C=O) groups excluding carboxylic acids is 1. The second-order valence-corrected chi connectivity index (χ2v) is 8.47. The predicted octanol–water partition coefficient (Wildman–Crippen LogP) is 1.28. The third-order valence-corrected chi connectivity index (χ3v) is 6.60. The van der Waals surface area contributed by atoms with Crippen LogP contribution < -0.4 is 21.5 Å². The maximum atomic E-state index is 13.1. The monoisotopic (exact) mass is 453 g/mol. The molecule has 0 bridgehead atoms. The summed E-state index contributed by atoms with van der Waals surface area (Å²) in [4.78, 5) is 30.5. The first kappa shape index (κ1) is 21.4. The lowest BCUT2D eigenvalue weighted by atomic mass is 9.88. The maximum absolute atomic E-state index is 13.1. The Morgan fingerprint density at radius 2 is 2.12 bits per heavy atom. The van der Waals surface area contributed by atoms with E-state index in [4.69, 9.17) is 4.74 Å². The lowest BCUT2D eigenvalue weighted by Gasteiger charge is -2.36. The molecule has 2 aliphatic rings. The predicted molar refractivity (Wildman–Crippen MR) is 122 cm³/mol. The van der Waals surface area contributed by atoms with Crippen LogP contribution in [0.1, 0.15) is 42.1 Å². The van der Waals surface area contributed by atoms with Crippen LogP contribution in [0.25, 0.3) is 5.65 Å². The van der Waals surface area contributed by atoms with Gasteiger partial charge in [0, 0.05) is 26.4 Å². The Morgan fingerprint density at radius 3 is 2.76 bits per heavy atom. The van der Waals surface area contributed by atoms with E-state index in [9.17, 15) is 14.7 Å². The molecular weight excluding hydrogens is 426 g/mol. The van der Waals surface area contributed by atoms with E-state index in [1.54, 1.807) is 37.1 Å². The number of amides is 1. The molecule has 4 N–H and O–H groups in total. The normalized spacial score (nSPS) is 24.1. The van der Waals surface area contributed by atoms with Crippen molar-refractivity contribution in [2.45, 2.75) is 50.0 Å². The second kappa shape index (κ2) is 8.49. The largest absolute Gasteiger partial charge is 0.391 e. The molecule has 0 spiro atoms. The molecule has 5 rings (SSSR count). The number of anilines is 3. The van der Waals surface area contributed by atoms with Crippen LogP contribution in [0, 0.1) is 0 Å². The second-order valence-electron chi connectivity index (χ2n) is 8.47. The molecule has 4 atom stereocenters. The summed E-state index contributed by atoms with van der Waals surface area (Å²) in [5, 5.41) is 23.0. The van der Waals surface area contributed by atoms with E-state index in [-0.39, 0.29) is 35.2 Å². The Balaban J connectivity index is 1.46. The summed E-state index contributed by atoms with van der Waals surface area (Å²) in [7, 11) is 3.40. The number of hydrogen-bond acceptors (Lipinski definition) is 8. The number of nitrogens with one attached hydrogen (secondary N) is 3. The SMILES string of the molecule is CNc1cc(Nc2cccn([C@H]3CC[C@@H]3OC)c2=O)nc2c(C(=O)NC3CC[C@H]3O)cnn12. The molecule has 33 heavy (non-hydrogen) atoms. The molecule has 3 aromatic rings. The van der Waals surface area contributed by atoms with Gasteiger partial charge in [-0.3, -0.25) is 9.59 Å². The zero-order valence-corrected chi connectivity index (χ0v) is 18.5. The van der Waals surface area contributed by atoms with Gasteiger partial charge in [0.15, 0.2) is 5.65 Å². The third kappa shape index (κ3) is 3.72. The molecule has 0 saturated heterocycles. The van der Waals surface area contributed by atoms with Gasteiger partial charge in [0.1, 0.15) is 22.9 Å². The van der Waals surface area contributed by atoms with Gasteiger partial charge < -0.3 is 30.4 Å². The average molecular weight is 454 g/mol. The van der Waals surface area contributed by atoms with Crippen LogP contribution in [-0.2, 0) is 4.74 Å². The van der Waals surface area contributed by atoms with E-state index in [0.717, 1.165) is 19.3 Å². The molecule has 11 nitrogen and oxygen atoms in total. The lowest BCUT2D eigenvalue weighted by Crippen LogP contribution is -2.50. The highest BCUT2D eigenvalue weighted by atomic mass is 16.5. The first-order chi connectivity index (χ1) is 16.0. The highest BCUT2D eigenvalue weighted by Crippen LogP contribution is 2.33. The summed E-state index contributed by atoms with van der Waals surface area (Å²) in [5.74, 6) is 0.648. The Kier molecular flexibility index (Phi) is 5.51. The maximum Gasteiger partial charge on any atom is 0.274 e. The first-order valence-corrected chi connectivity index (χ1v) is 11.1. The molecule has 0 aliphatic heterocycles. The molecular formula is C22H27N7O4. The number of ether oxygens (including phenoxy) is 1. The van der Waals surface area contributed by atoms with Gasteiger partial charge in [0.05, 0.1) is 30.5 Å². The fourth-order valence-corrected chi connectivity index (χ4v) is 4.31. The van der Waals surface area contributed by atoms with Crippen LogP contribution in [0.15, 0.2) is 35.4 Å². The van der Waals surface area contributed by atoms with Crippen molar-refractivity contribution >= 4 is 28.9 Å². The van der Waals surface area contributed by atoms with E-state index in [0.29, 0.717) is 29.4 Å².